The van der Waals surface area contributed by atoms with Gasteiger partial charge in [-0.2, -0.15) is 0 Å². The Kier molecular flexibility index (Phi) is 7.83. The molecule has 25 heavy (non-hydrogen) atoms. The van der Waals surface area contributed by atoms with Gasteiger partial charge in [-0.3, -0.25) is 0 Å². The van der Waals surface area contributed by atoms with Gasteiger partial charge in [0.2, 0.25) is 0 Å². The Hall–Kier alpha value is -0.990. The Balaban J connectivity index is 0.00000225. The molecule has 0 radical (unpaired) electrons. The molecule has 1 aromatic carbocycles. The van der Waals surface area contributed by atoms with E-state index in [2.05, 4.69) is 44.9 Å². The molecule has 138 valence electrons. The van der Waals surface area contributed by atoms with Crippen molar-refractivity contribution in [3.05, 3.63) is 40.9 Å². The van der Waals surface area contributed by atoms with Crippen molar-refractivity contribution in [2.24, 2.45) is 10.7 Å². The van der Waals surface area contributed by atoms with E-state index in [1.54, 1.807) is 0 Å². The summed E-state index contributed by atoms with van der Waals surface area (Å²) in [6, 6.07) is 8.02. The van der Waals surface area contributed by atoms with Gasteiger partial charge in [0.05, 0.1) is 6.54 Å². The fourth-order valence-corrected chi connectivity index (χ4v) is 3.21. The number of hydrogen-bond donors (Lipinski definition) is 1. The smallest absolute Gasteiger partial charge is 0.191 e. The van der Waals surface area contributed by atoms with Gasteiger partial charge >= 0.3 is 0 Å². The summed E-state index contributed by atoms with van der Waals surface area (Å²) in [5, 5.41) is 0.775. The average Bonchev–Trinajstić information content (AvgIpc) is 2.62. The van der Waals surface area contributed by atoms with Gasteiger partial charge in [-0.05, 0) is 37.7 Å². The number of nitrogens with two attached hydrogens (primary N) is 1. The van der Waals surface area contributed by atoms with Crippen LogP contribution in [-0.2, 0) is 0 Å². The lowest BCUT2D eigenvalue weighted by atomic mass is 10.1. The van der Waals surface area contributed by atoms with E-state index in [0.29, 0.717) is 5.96 Å². The van der Waals surface area contributed by atoms with E-state index in [-0.39, 0.29) is 24.0 Å². The lowest BCUT2D eigenvalue weighted by Gasteiger charge is -2.36. The Morgan fingerprint density at radius 3 is 2.40 bits per heavy atom. The van der Waals surface area contributed by atoms with E-state index < -0.39 is 0 Å². The van der Waals surface area contributed by atoms with Crippen LogP contribution in [0.4, 0.5) is 5.69 Å². The van der Waals surface area contributed by atoms with Crippen molar-refractivity contribution in [1.82, 2.24) is 9.80 Å². The van der Waals surface area contributed by atoms with E-state index in [1.165, 1.54) is 11.3 Å². The second-order valence-corrected chi connectivity index (χ2v) is 6.94. The van der Waals surface area contributed by atoms with Gasteiger partial charge in [-0.15, -0.1) is 24.0 Å². The first kappa shape index (κ1) is 20.3. The summed E-state index contributed by atoms with van der Waals surface area (Å²) in [6.45, 7) is 6.57. The van der Waals surface area contributed by atoms with Gasteiger partial charge < -0.3 is 20.4 Å². The quantitative estimate of drug-likeness (QED) is 0.316. The van der Waals surface area contributed by atoms with Crippen LogP contribution in [-0.4, -0.2) is 68.6 Å². The molecule has 0 aromatic heterocycles. The number of anilines is 1. The zero-order valence-corrected chi connectivity index (χ0v) is 17.8. The maximum atomic E-state index is 6.20. The van der Waals surface area contributed by atoms with Gasteiger partial charge in [0.25, 0.3) is 0 Å². The average molecular weight is 476 g/mol. The predicted octanol–water partition coefficient (Wildman–Crippen LogP) is 2.66. The largest absolute Gasteiger partial charge is 0.370 e. The maximum Gasteiger partial charge on any atom is 0.191 e. The van der Waals surface area contributed by atoms with Crippen LogP contribution in [0.15, 0.2) is 40.9 Å². The second kappa shape index (κ2) is 9.64. The number of rotatable bonds is 3. The summed E-state index contributed by atoms with van der Waals surface area (Å²) >= 11 is 5.96. The molecule has 0 atom stereocenters. The van der Waals surface area contributed by atoms with E-state index in [9.17, 15) is 0 Å². The zero-order valence-electron chi connectivity index (χ0n) is 14.7. The Bertz CT molecular complexity index is 608. The second-order valence-electron chi connectivity index (χ2n) is 6.50. The van der Waals surface area contributed by atoms with E-state index in [0.717, 1.165) is 57.3 Å². The molecule has 7 heteroatoms. The summed E-state index contributed by atoms with van der Waals surface area (Å²) in [4.78, 5) is 11.5. The van der Waals surface area contributed by atoms with E-state index in [4.69, 9.17) is 17.3 Å². The molecule has 0 amide bonds. The van der Waals surface area contributed by atoms with E-state index >= 15 is 0 Å². The molecule has 0 spiro atoms. The number of piperazine rings is 1. The van der Waals surface area contributed by atoms with Gasteiger partial charge in [0, 0.05) is 50.0 Å². The van der Waals surface area contributed by atoms with Crippen molar-refractivity contribution in [2.45, 2.75) is 6.42 Å². The van der Waals surface area contributed by atoms with Crippen molar-refractivity contribution in [1.29, 1.82) is 0 Å². The SMILES string of the molecule is CN1CC=C(CN=C(N)N2CCN(c3ccc(Cl)cc3)CC2)CC1.I. The highest BCUT2D eigenvalue weighted by Crippen LogP contribution is 2.19. The molecule has 1 fully saturated rings. The molecule has 5 nitrogen and oxygen atoms in total. The van der Waals surface area contributed by atoms with Gasteiger partial charge in [-0.1, -0.05) is 23.3 Å². The molecule has 0 aliphatic carbocycles. The summed E-state index contributed by atoms with van der Waals surface area (Å²) in [6.07, 6.45) is 3.37. The molecule has 1 saturated heterocycles. The topological polar surface area (TPSA) is 48.1 Å². The first-order chi connectivity index (χ1) is 11.6. The fourth-order valence-electron chi connectivity index (χ4n) is 3.08. The number of hydrogen-bond acceptors (Lipinski definition) is 3. The minimum Gasteiger partial charge on any atom is -0.370 e. The third-order valence-electron chi connectivity index (χ3n) is 4.75. The lowest BCUT2D eigenvalue weighted by molar-refractivity contribution is 0.357. The summed E-state index contributed by atoms with van der Waals surface area (Å²) in [5.74, 6) is 0.672. The third-order valence-corrected chi connectivity index (χ3v) is 5.00. The molecule has 0 saturated carbocycles. The number of likely N-dealkylation sites (N-methyl/N-ethyl adjacent to an activating group) is 1. The minimum absolute atomic E-state index is 0. The molecule has 0 bridgehead atoms. The maximum absolute atomic E-state index is 6.20. The predicted molar refractivity (Wildman–Crippen MR) is 117 cm³/mol. The van der Waals surface area contributed by atoms with Crippen LogP contribution in [0.5, 0.6) is 0 Å². The number of guanidine groups is 1. The molecular weight excluding hydrogens is 449 g/mol. The molecule has 2 aliphatic rings. The Morgan fingerprint density at radius 1 is 1.12 bits per heavy atom. The molecule has 3 rings (SSSR count). The minimum atomic E-state index is 0. The van der Waals surface area contributed by atoms with Crippen molar-refractivity contribution in [3.8, 4) is 0 Å². The van der Waals surface area contributed by atoms with Crippen molar-refractivity contribution in [2.75, 3.05) is 57.8 Å². The number of nitrogens with zero attached hydrogens (tertiary/aromatic N) is 4. The monoisotopic (exact) mass is 475 g/mol. The number of benzene rings is 1. The van der Waals surface area contributed by atoms with Crippen LogP contribution in [0.1, 0.15) is 6.42 Å². The van der Waals surface area contributed by atoms with Crippen molar-refractivity contribution in [3.63, 3.8) is 0 Å². The Labute approximate surface area is 172 Å². The molecular formula is C18H27ClIN5. The molecule has 2 N–H and O–H groups in total. The highest BCUT2D eigenvalue weighted by Gasteiger charge is 2.18. The first-order valence-electron chi connectivity index (χ1n) is 8.53. The normalized spacial score (nSPS) is 19.4. The van der Waals surface area contributed by atoms with E-state index in [1.807, 2.05) is 12.1 Å². The van der Waals surface area contributed by atoms with Crippen LogP contribution in [0.2, 0.25) is 5.02 Å². The Morgan fingerprint density at radius 2 is 1.80 bits per heavy atom. The summed E-state index contributed by atoms with van der Waals surface area (Å²) in [7, 11) is 2.14. The highest BCUT2D eigenvalue weighted by molar-refractivity contribution is 14.0. The van der Waals surface area contributed by atoms with Crippen LogP contribution < -0.4 is 10.6 Å². The standard InChI is InChI=1S/C18H26ClN5.HI/c1-22-8-6-15(7-9-22)14-21-18(20)24-12-10-23(11-13-24)17-4-2-16(19)3-5-17;/h2-6H,7-14H2,1H3,(H2,20,21);1H. The highest BCUT2D eigenvalue weighted by atomic mass is 127. The van der Waals surface area contributed by atoms with Crippen LogP contribution in [0.3, 0.4) is 0 Å². The zero-order chi connectivity index (χ0) is 16.9. The summed E-state index contributed by atoms with van der Waals surface area (Å²) < 4.78 is 0. The lowest BCUT2D eigenvalue weighted by Crippen LogP contribution is -2.51. The van der Waals surface area contributed by atoms with Crippen LogP contribution in [0.25, 0.3) is 0 Å². The summed E-state index contributed by atoms with van der Waals surface area (Å²) in [5.41, 5.74) is 8.81. The van der Waals surface area contributed by atoms with Gasteiger partial charge in [0.1, 0.15) is 0 Å². The fraction of sp³-hybridized carbons (Fsp3) is 0.500. The molecule has 2 aliphatic heterocycles. The third kappa shape index (κ3) is 5.76. The number of halogens is 2. The van der Waals surface area contributed by atoms with Crippen LogP contribution >= 0.6 is 35.6 Å². The number of aliphatic imine (C=N–C) groups is 1. The van der Waals surface area contributed by atoms with Crippen LogP contribution in [0, 0.1) is 0 Å². The van der Waals surface area contributed by atoms with Gasteiger partial charge in [-0.25, -0.2) is 4.99 Å². The molecule has 0 unspecified atom stereocenters. The van der Waals surface area contributed by atoms with Crippen molar-refractivity contribution >= 4 is 47.2 Å². The van der Waals surface area contributed by atoms with Gasteiger partial charge in [0.15, 0.2) is 5.96 Å². The van der Waals surface area contributed by atoms with Crippen molar-refractivity contribution < 1.29 is 0 Å². The molecule has 2 heterocycles. The first-order valence-corrected chi connectivity index (χ1v) is 8.91. The molecule has 1 aromatic rings.